The summed E-state index contributed by atoms with van der Waals surface area (Å²) in [4.78, 5) is 30.8. The molecule has 3 amide bonds. The molecule has 142 valence electrons. The Morgan fingerprint density at radius 1 is 1.04 bits per heavy atom. The lowest BCUT2D eigenvalue weighted by atomic mass is 9.95. The van der Waals surface area contributed by atoms with Gasteiger partial charge in [0.25, 0.3) is 0 Å². The van der Waals surface area contributed by atoms with Crippen LogP contribution in [0.4, 0.5) is 10.5 Å². The molecule has 0 aliphatic carbocycles. The number of anilines is 1. The summed E-state index contributed by atoms with van der Waals surface area (Å²) in [5.41, 5.74) is 1.14. The summed E-state index contributed by atoms with van der Waals surface area (Å²) in [6, 6.07) is 10.1. The summed E-state index contributed by atoms with van der Waals surface area (Å²) < 4.78 is 0. The molecule has 0 radical (unpaired) electrons. The van der Waals surface area contributed by atoms with E-state index in [9.17, 15) is 9.59 Å². The summed E-state index contributed by atoms with van der Waals surface area (Å²) in [5.74, 6) is 0.397. The van der Waals surface area contributed by atoms with Gasteiger partial charge in [-0.2, -0.15) is 0 Å². The smallest absolute Gasteiger partial charge is 0.317 e. The zero-order valence-corrected chi connectivity index (χ0v) is 15.7. The summed E-state index contributed by atoms with van der Waals surface area (Å²) in [7, 11) is 2.02. The second kappa shape index (κ2) is 8.92. The zero-order chi connectivity index (χ0) is 18.4. The number of benzene rings is 1. The summed E-state index contributed by atoms with van der Waals surface area (Å²) in [5, 5.41) is 3.00. The summed E-state index contributed by atoms with van der Waals surface area (Å²) in [6.07, 6.45) is 3.83. The van der Waals surface area contributed by atoms with Gasteiger partial charge in [-0.3, -0.25) is 4.79 Å². The number of hydrogen-bond donors (Lipinski definition) is 1. The van der Waals surface area contributed by atoms with E-state index in [4.69, 9.17) is 0 Å². The molecule has 2 saturated heterocycles. The lowest BCUT2D eigenvalue weighted by molar-refractivity contribution is -0.135. The minimum Gasteiger partial charge on any atom is -0.373 e. The van der Waals surface area contributed by atoms with E-state index in [1.54, 1.807) is 0 Å². The Bertz CT molecular complexity index is 593. The van der Waals surface area contributed by atoms with Crippen molar-refractivity contribution in [2.75, 3.05) is 51.2 Å². The quantitative estimate of drug-likeness (QED) is 0.878. The topological polar surface area (TPSA) is 55.9 Å². The van der Waals surface area contributed by atoms with Crippen molar-refractivity contribution < 1.29 is 9.59 Å². The Hall–Kier alpha value is -2.24. The van der Waals surface area contributed by atoms with Gasteiger partial charge in [0.1, 0.15) is 0 Å². The van der Waals surface area contributed by atoms with Crippen LogP contribution in [0.25, 0.3) is 0 Å². The fourth-order valence-electron chi connectivity index (χ4n) is 3.78. The highest BCUT2D eigenvalue weighted by atomic mass is 16.2. The maximum absolute atomic E-state index is 12.5. The van der Waals surface area contributed by atoms with Gasteiger partial charge in [-0.25, -0.2) is 4.79 Å². The molecule has 1 N–H and O–H groups in total. The third-order valence-electron chi connectivity index (χ3n) is 5.47. The van der Waals surface area contributed by atoms with Crippen LogP contribution < -0.4 is 10.2 Å². The van der Waals surface area contributed by atoms with Gasteiger partial charge >= 0.3 is 6.03 Å². The second-order valence-corrected chi connectivity index (χ2v) is 7.28. The molecule has 3 rings (SSSR count). The highest BCUT2D eigenvalue weighted by Crippen LogP contribution is 2.22. The number of hydrogen-bond acceptors (Lipinski definition) is 3. The van der Waals surface area contributed by atoms with Crippen LogP contribution in [0.2, 0.25) is 0 Å². The number of carbonyl (C=O) groups is 2. The van der Waals surface area contributed by atoms with Crippen molar-refractivity contribution >= 4 is 17.6 Å². The van der Waals surface area contributed by atoms with E-state index in [0.717, 1.165) is 51.0 Å². The molecule has 0 bridgehead atoms. The lowest BCUT2D eigenvalue weighted by Gasteiger charge is -2.33. The Morgan fingerprint density at radius 2 is 1.69 bits per heavy atom. The standard InChI is InChI=1S/C20H30N4O2/c1-22(18-7-3-2-4-8-18)16-11-21-20(26)24-14-9-17(10-15-24)19(25)23-12-5-6-13-23/h2-4,7-8,17H,5-6,9-16H2,1H3,(H,21,26). The van der Waals surface area contributed by atoms with Crippen LogP contribution in [0.3, 0.4) is 0 Å². The molecule has 26 heavy (non-hydrogen) atoms. The lowest BCUT2D eigenvalue weighted by Crippen LogP contribution is -2.48. The number of urea groups is 1. The maximum Gasteiger partial charge on any atom is 0.317 e. The van der Waals surface area contributed by atoms with E-state index < -0.39 is 0 Å². The molecule has 6 heteroatoms. The van der Waals surface area contributed by atoms with Crippen LogP contribution in [-0.2, 0) is 4.79 Å². The average molecular weight is 358 g/mol. The van der Waals surface area contributed by atoms with Gasteiger partial charge in [0.05, 0.1) is 0 Å². The number of likely N-dealkylation sites (tertiary alicyclic amines) is 2. The van der Waals surface area contributed by atoms with Gasteiger partial charge in [0.15, 0.2) is 0 Å². The highest BCUT2D eigenvalue weighted by Gasteiger charge is 2.31. The van der Waals surface area contributed by atoms with Gasteiger partial charge in [-0.1, -0.05) is 18.2 Å². The highest BCUT2D eigenvalue weighted by molar-refractivity contribution is 5.80. The van der Waals surface area contributed by atoms with Crippen LogP contribution in [0.15, 0.2) is 30.3 Å². The molecule has 0 atom stereocenters. The molecule has 0 saturated carbocycles. The number of likely N-dealkylation sites (N-methyl/N-ethyl adjacent to an activating group) is 1. The van der Waals surface area contributed by atoms with Gasteiger partial charge in [0.2, 0.25) is 5.91 Å². The number of para-hydroxylation sites is 1. The van der Waals surface area contributed by atoms with E-state index in [1.165, 1.54) is 0 Å². The van der Waals surface area contributed by atoms with Crippen molar-refractivity contribution in [2.24, 2.45) is 5.92 Å². The van der Waals surface area contributed by atoms with E-state index >= 15 is 0 Å². The molecule has 0 spiro atoms. The molecule has 0 unspecified atom stereocenters. The Morgan fingerprint density at radius 3 is 2.35 bits per heavy atom. The van der Waals surface area contributed by atoms with Crippen LogP contribution >= 0.6 is 0 Å². The molecule has 0 aromatic heterocycles. The van der Waals surface area contributed by atoms with Crippen molar-refractivity contribution in [3.63, 3.8) is 0 Å². The average Bonchev–Trinajstić information content (AvgIpc) is 3.23. The van der Waals surface area contributed by atoms with Gasteiger partial charge in [-0.15, -0.1) is 0 Å². The fourth-order valence-corrected chi connectivity index (χ4v) is 3.78. The summed E-state index contributed by atoms with van der Waals surface area (Å²) >= 11 is 0. The number of nitrogens with zero attached hydrogens (tertiary/aromatic N) is 3. The normalized spacial score (nSPS) is 18.0. The third-order valence-corrected chi connectivity index (χ3v) is 5.47. The first-order chi connectivity index (χ1) is 12.6. The predicted molar refractivity (Wildman–Crippen MR) is 103 cm³/mol. The molecule has 2 aliphatic rings. The van der Waals surface area contributed by atoms with E-state index in [1.807, 2.05) is 35.0 Å². The van der Waals surface area contributed by atoms with Gasteiger partial charge in [0, 0.05) is 57.9 Å². The number of piperidine rings is 1. The predicted octanol–water partition coefficient (Wildman–Crippen LogP) is 2.17. The Labute approximate surface area is 156 Å². The zero-order valence-electron chi connectivity index (χ0n) is 15.7. The van der Waals surface area contributed by atoms with Crippen LogP contribution in [0, 0.1) is 5.92 Å². The molecule has 2 aliphatic heterocycles. The largest absolute Gasteiger partial charge is 0.373 e. The molecular formula is C20H30N4O2. The monoisotopic (exact) mass is 358 g/mol. The fraction of sp³-hybridized carbons (Fsp3) is 0.600. The van der Waals surface area contributed by atoms with E-state index in [2.05, 4.69) is 22.3 Å². The van der Waals surface area contributed by atoms with E-state index in [-0.39, 0.29) is 11.9 Å². The van der Waals surface area contributed by atoms with Crippen molar-refractivity contribution in [1.82, 2.24) is 15.1 Å². The first-order valence-corrected chi connectivity index (χ1v) is 9.73. The van der Waals surface area contributed by atoms with Gasteiger partial charge < -0.3 is 20.0 Å². The summed E-state index contributed by atoms with van der Waals surface area (Å²) in [6.45, 7) is 4.54. The van der Waals surface area contributed by atoms with Crippen molar-refractivity contribution in [3.8, 4) is 0 Å². The number of nitrogens with one attached hydrogen (secondary N) is 1. The first kappa shape index (κ1) is 18.5. The van der Waals surface area contributed by atoms with Gasteiger partial charge in [-0.05, 0) is 37.8 Å². The number of rotatable bonds is 5. The Balaban J connectivity index is 1.36. The molecule has 2 fully saturated rings. The van der Waals surface area contributed by atoms with Crippen LogP contribution in [0.1, 0.15) is 25.7 Å². The molecular weight excluding hydrogens is 328 g/mol. The van der Waals surface area contributed by atoms with Crippen LogP contribution in [-0.4, -0.2) is 68.1 Å². The number of amides is 3. The third kappa shape index (κ3) is 4.68. The second-order valence-electron chi connectivity index (χ2n) is 7.28. The maximum atomic E-state index is 12.5. The number of carbonyl (C=O) groups excluding carboxylic acids is 2. The minimum absolute atomic E-state index is 0.0152. The Kier molecular flexibility index (Phi) is 6.36. The molecule has 1 aromatic rings. The molecule has 2 heterocycles. The first-order valence-electron chi connectivity index (χ1n) is 9.73. The van der Waals surface area contributed by atoms with Crippen molar-refractivity contribution in [1.29, 1.82) is 0 Å². The van der Waals surface area contributed by atoms with Crippen LogP contribution in [0.5, 0.6) is 0 Å². The van der Waals surface area contributed by atoms with E-state index in [0.29, 0.717) is 25.5 Å². The van der Waals surface area contributed by atoms with Crippen molar-refractivity contribution in [3.05, 3.63) is 30.3 Å². The molecule has 6 nitrogen and oxygen atoms in total. The van der Waals surface area contributed by atoms with Crippen molar-refractivity contribution in [2.45, 2.75) is 25.7 Å². The minimum atomic E-state index is -0.0152. The SMILES string of the molecule is CN(CCNC(=O)N1CCC(C(=O)N2CCCC2)CC1)c1ccccc1. The molecule has 1 aromatic carbocycles.